The van der Waals surface area contributed by atoms with Crippen molar-refractivity contribution in [3.63, 3.8) is 0 Å². The number of nitrogens with two attached hydrogens (primary N) is 1. The van der Waals surface area contributed by atoms with Gasteiger partial charge < -0.3 is 11.1 Å². The molecule has 1 fully saturated rings. The van der Waals surface area contributed by atoms with Gasteiger partial charge in [0, 0.05) is 24.6 Å². The number of nitrogens with one attached hydrogen (secondary N) is 1. The van der Waals surface area contributed by atoms with E-state index in [0.29, 0.717) is 6.42 Å². The summed E-state index contributed by atoms with van der Waals surface area (Å²) in [6, 6.07) is 7.94. The lowest BCUT2D eigenvalue weighted by atomic mass is 9.62. The lowest BCUT2D eigenvalue weighted by Gasteiger charge is -2.42. The molecule has 0 bridgehead atoms. The third-order valence-corrected chi connectivity index (χ3v) is 3.61. The topological polar surface area (TPSA) is 55.1 Å². The molecule has 0 aliphatic heterocycles. The maximum absolute atomic E-state index is 11.5. The molecule has 1 aromatic rings. The Balaban J connectivity index is 2.21. The largest absolute Gasteiger partial charge is 0.399 e. The molecular weight excluding hydrogens is 200 g/mol. The van der Waals surface area contributed by atoms with Crippen LogP contribution in [0.15, 0.2) is 24.3 Å². The molecule has 1 aliphatic carbocycles. The minimum atomic E-state index is 0.0633. The average Bonchev–Trinajstić information content (AvgIpc) is 2.24. The first kappa shape index (κ1) is 11.0. The highest BCUT2D eigenvalue weighted by Crippen LogP contribution is 2.46. The molecule has 0 spiro atoms. The van der Waals surface area contributed by atoms with Gasteiger partial charge in [-0.25, -0.2) is 0 Å². The Hall–Kier alpha value is -1.51. The molecule has 1 aliphatic rings. The summed E-state index contributed by atoms with van der Waals surface area (Å²) in [5, 5.41) is 2.71. The van der Waals surface area contributed by atoms with Crippen LogP contribution in [-0.2, 0) is 10.2 Å². The summed E-state index contributed by atoms with van der Waals surface area (Å²) in [4.78, 5) is 11.5. The van der Waals surface area contributed by atoms with Gasteiger partial charge in [0.1, 0.15) is 0 Å². The summed E-state index contributed by atoms with van der Waals surface area (Å²) >= 11 is 0. The molecule has 2 rings (SSSR count). The van der Waals surface area contributed by atoms with Crippen LogP contribution >= 0.6 is 0 Å². The van der Waals surface area contributed by atoms with Crippen molar-refractivity contribution < 1.29 is 4.79 Å². The Morgan fingerprint density at radius 3 is 2.44 bits per heavy atom. The summed E-state index contributed by atoms with van der Waals surface area (Å²) in [6.45, 7) is 0. The first-order chi connectivity index (χ1) is 7.66. The molecule has 16 heavy (non-hydrogen) atoms. The number of hydrogen-bond acceptors (Lipinski definition) is 2. The fourth-order valence-electron chi connectivity index (χ4n) is 2.40. The van der Waals surface area contributed by atoms with Crippen LogP contribution in [0.3, 0.4) is 0 Å². The molecule has 0 unspecified atom stereocenters. The third kappa shape index (κ3) is 1.90. The van der Waals surface area contributed by atoms with E-state index in [1.165, 1.54) is 12.0 Å². The second kappa shape index (κ2) is 4.16. The quantitative estimate of drug-likeness (QED) is 0.760. The summed E-state index contributed by atoms with van der Waals surface area (Å²) in [5.41, 5.74) is 7.76. The maximum atomic E-state index is 11.5. The van der Waals surface area contributed by atoms with Gasteiger partial charge in [-0.3, -0.25) is 4.79 Å². The fourth-order valence-corrected chi connectivity index (χ4v) is 2.40. The van der Waals surface area contributed by atoms with Crippen molar-refractivity contribution in [2.45, 2.75) is 31.1 Å². The van der Waals surface area contributed by atoms with Crippen molar-refractivity contribution in [3.8, 4) is 0 Å². The van der Waals surface area contributed by atoms with Gasteiger partial charge in [-0.1, -0.05) is 18.6 Å². The summed E-state index contributed by atoms with van der Waals surface area (Å²) in [7, 11) is 1.69. The zero-order chi connectivity index (χ0) is 11.6. The van der Waals surface area contributed by atoms with Crippen LogP contribution < -0.4 is 11.1 Å². The fraction of sp³-hybridized carbons (Fsp3) is 0.462. The lowest BCUT2D eigenvalue weighted by molar-refractivity contribution is -0.122. The van der Waals surface area contributed by atoms with E-state index in [9.17, 15) is 4.79 Å². The Bertz CT molecular complexity index is 379. The molecule has 0 radical (unpaired) electrons. The van der Waals surface area contributed by atoms with Gasteiger partial charge in [0.05, 0.1) is 0 Å². The van der Waals surface area contributed by atoms with E-state index in [0.717, 1.165) is 18.5 Å². The Labute approximate surface area is 96.0 Å². The van der Waals surface area contributed by atoms with Crippen molar-refractivity contribution >= 4 is 11.6 Å². The second-order valence-corrected chi connectivity index (χ2v) is 4.61. The maximum Gasteiger partial charge on any atom is 0.220 e. The van der Waals surface area contributed by atoms with Crippen molar-refractivity contribution in [3.05, 3.63) is 29.8 Å². The number of anilines is 1. The smallest absolute Gasteiger partial charge is 0.220 e. The van der Waals surface area contributed by atoms with Crippen LogP contribution in [0.2, 0.25) is 0 Å². The normalized spacial score (nSPS) is 17.6. The second-order valence-electron chi connectivity index (χ2n) is 4.61. The highest BCUT2D eigenvalue weighted by molar-refractivity contribution is 5.77. The number of carbonyl (C=O) groups excluding carboxylic acids is 1. The predicted molar refractivity (Wildman–Crippen MR) is 65.1 cm³/mol. The molecule has 1 amide bonds. The number of nitrogen functional groups attached to an aromatic ring is 1. The van der Waals surface area contributed by atoms with Crippen molar-refractivity contribution in [2.75, 3.05) is 12.8 Å². The number of amides is 1. The van der Waals surface area contributed by atoms with Gasteiger partial charge in [-0.15, -0.1) is 0 Å². The first-order valence-electron chi connectivity index (χ1n) is 5.73. The Morgan fingerprint density at radius 1 is 1.38 bits per heavy atom. The molecule has 86 valence electrons. The summed E-state index contributed by atoms with van der Waals surface area (Å²) in [5.74, 6) is 0.122. The van der Waals surface area contributed by atoms with E-state index in [1.54, 1.807) is 7.05 Å². The van der Waals surface area contributed by atoms with Crippen LogP contribution in [-0.4, -0.2) is 13.0 Å². The van der Waals surface area contributed by atoms with Crippen LogP contribution in [0.5, 0.6) is 0 Å². The van der Waals surface area contributed by atoms with Gasteiger partial charge in [0.2, 0.25) is 5.91 Å². The molecule has 0 atom stereocenters. The number of carbonyl (C=O) groups is 1. The number of benzene rings is 1. The van der Waals surface area contributed by atoms with E-state index in [1.807, 2.05) is 12.1 Å². The monoisotopic (exact) mass is 218 g/mol. The zero-order valence-electron chi connectivity index (χ0n) is 9.62. The minimum Gasteiger partial charge on any atom is -0.399 e. The summed E-state index contributed by atoms with van der Waals surface area (Å²) in [6.07, 6.45) is 4.00. The molecule has 1 saturated carbocycles. The van der Waals surface area contributed by atoms with E-state index < -0.39 is 0 Å². The number of hydrogen-bond donors (Lipinski definition) is 2. The Kier molecular flexibility index (Phi) is 2.86. The van der Waals surface area contributed by atoms with E-state index in [4.69, 9.17) is 5.73 Å². The molecule has 0 saturated heterocycles. The van der Waals surface area contributed by atoms with E-state index in [-0.39, 0.29) is 11.3 Å². The lowest BCUT2D eigenvalue weighted by Crippen LogP contribution is -2.39. The van der Waals surface area contributed by atoms with Crippen LogP contribution in [0.1, 0.15) is 31.2 Å². The standard InChI is InChI=1S/C13H18N2O/c1-15-12(16)9-13(7-2-8-13)10-3-5-11(14)6-4-10/h3-6H,2,7-9,14H2,1H3,(H,15,16). The van der Waals surface area contributed by atoms with Gasteiger partial charge in [0.15, 0.2) is 0 Å². The van der Waals surface area contributed by atoms with Gasteiger partial charge in [0.25, 0.3) is 0 Å². The van der Waals surface area contributed by atoms with Crippen molar-refractivity contribution in [1.29, 1.82) is 0 Å². The van der Waals surface area contributed by atoms with Crippen LogP contribution in [0.4, 0.5) is 5.69 Å². The molecular formula is C13H18N2O. The molecule has 3 nitrogen and oxygen atoms in total. The minimum absolute atomic E-state index is 0.0633. The average molecular weight is 218 g/mol. The Morgan fingerprint density at radius 2 is 2.00 bits per heavy atom. The van der Waals surface area contributed by atoms with Gasteiger partial charge in [-0.2, -0.15) is 0 Å². The van der Waals surface area contributed by atoms with E-state index >= 15 is 0 Å². The highest BCUT2D eigenvalue weighted by atomic mass is 16.1. The van der Waals surface area contributed by atoms with Gasteiger partial charge in [-0.05, 0) is 30.5 Å². The molecule has 1 aromatic carbocycles. The van der Waals surface area contributed by atoms with Crippen molar-refractivity contribution in [2.24, 2.45) is 0 Å². The molecule has 0 heterocycles. The van der Waals surface area contributed by atoms with E-state index in [2.05, 4.69) is 17.4 Å². The molecule has 3 heteroatoms. The van der Waals surface area contributed by atoms with Crippen molar-refractivity contribution in [1.82, 2.24) is 5.32 Å². The zero-order valence-corrected chi connectivity index (χ0v) is 9.62. The summed E-state index contributed by atoms with van der Waals surface area (Å²) < 4.78 is 0. The molecule has 0 aromatic heterocycles. The van der Waals surface area contributed by atoms with Crippen LogP contribution in [0.25, 0.3) is 0 Å². The van der Waals surface area contributed by atoms with Crippen LogP contribution in [0, 0.1) is 0 Å². The first-order valence-corrected chi connectivity index (χ1v) is 5.73. The SMILES string of the molecule is CNC(=O)CC1(c2ccc(N)cc2)CCC1. The predicted octanol–water partition coefficient (Wildman–Crippen LogP) is 1.83. The third-order valence-electron chi connectivity index (χ3n) is 3.61. The highest BCUT2D eigenvalue weighted by Gasteiger charge is 2.40. The number of rotatable bonds is 3. The molecule has 3 N–H and O–H groups in total. The van der Waals surface area contributed by atoms with Gasteiger partial charge >= 0.3 is 0 Å².